The van der Waals surface area contributed by atoms with Gasteiger partial charge in [0.25, 0.3) is 0 Å². The molecule has 0 aliphatic carbocycles. The summed E-state index contributed by atoms with van der Waals surface area (Å²) in [6.45, 7) is 2.09. The summed E-state index contributed by atoms with van der Waals surface area (Å²) < 4.78 is 7.88. The Balaban J connectivity index is 2.80. The lowest BCUT2D eigenvalue weighted by Crippen LogP contribution is -1.83. The highest BCUT2D eigenvalue weighted by Crippen LogP contribution is 2.35. The van der Waals surface area contributed by atoms with Gasteiger partial charge in [0.1, 0.15) is 5.75 Å². The maximum atomic E-state index is 5.33. The van der Waals surface area contributed by atoms with Crippen molar-refractivity contribution >= 4 is 44.0 Å². The van der Waals surface area contributed by atoms with Crippen LogP contribution >= 0.6 is 33.9 Å². The van der Waals surface area contributed by atoms with Crippen LogP contribution < -0.4 is 4.74 Å². The molecule has 0 bridgehead atoms. The second kappa shape index (κ2) is 3.46. The van der Waals surface area contributed by atoms with E-state index in [0.29, 0.717) is 0 Å². The zero-order valence-corrected chi connectivity index (χ0v) is 10.4. The van der Waals surface area contributed by atoms with Crippen molar-refractivity contribution in [2.75, 3.05) is 7.11 Å². The number of aryl methyl sites for hydroxylation is 1. The maximum Gasteiger partial charge on any atom is 0.136 e. The van der Waals surface area contributed by atoms with E-state index in [1.807, 2.05) is 0 Å². The van der Waals surface area contributed by atoms with Gasteiger partial charge in [-0.15, -0.1) is 11.3 Å². The van der Waals surface area contributed by atoms with E-state index in [1.165, 1.54) is 18.5 Å². The SMILES string of the molecule is COc1cc(C)cc2cc(I)sc12. The molecule has 0 radical (unpaired) electrons. The number of methoxy groups -OCH3 is 1. The molecule has 0 N–H and O–H groups in total. The van der Waals surface area contributed by atoms with Crippen LogP contribution in [0.3, 0.4) is 0 Å². The lowest BCUT2D eigenvalue weighted by Gasteiger charge is -2.02. The van der Waals surface area contributed by atoms with Crippen molar-refractivity contribution in [3.05, 3.63) is 26.6 Å². The highest BCUT2D eigenvalue weighted by atomic mass is 127. The first-order valence-electron chi connectivity index (χ1n) is 3.94. The van der Waals surface area contributed by atoms with E-state index >= 15 is 0 Å². The van der Waals surface area contributed by atoms with Gasteiger partial charge in [-0.25, -0.2) is 0 Å². The monoisotopic (exact) mass is 304 g/mol. The quantitative estimate of drug-likeness (QED) is 0.728. The molecule has 0 unspecified atom stereocenters. The molecule has 0 saturated carbocycles. The Kier molecular flexibility index (Phi) is 2.47. The first-order valence-corrected chi connectivity index (χ1v) is 5.84. The lowest BCUT2D eigenvalue weighted by molar-refractivity contribution is 0.420. The predicted octanol–water partition coefficient (Wildman–Crippen LogP) is 3.82. The van der Waals surface area contributed by atoms with Gasteiger partial charge in [-0.2, -0.15) is 0 Å². The zero-order chi connectivity index (χ0) is 9.42. The van der Waals surface area contributed by atoms with Gasteiger partial charge in [0.05, 0.1) is 14.7 Å². The van der Waals surface area contributed by atoms with E-state index in [0.717, 1.165) is 5.75 Å². The summed E-state index contributed by atoms with van der Waals surface area (Å²) in [5, 5.41) is 1.28. The summed E-state index contributed by atoms with van der Waals surface area (Å²) in [5.41, 5.74) is 1.25. The van der Waals surface area contributed by atoms with Gasteiger partial charge in [0.2, 0.25) is 0 Å². The third-order valence-electron chi connectivity index (χ3n) is 1.92. The molecule has 2 aromatic rings. The molecule has 0 aliphatic heterocycles. The molecule has 1 heterocycles. The van der Waals surface area contributed by atoms with Crippen molar-refractivity contribution in [2.45, 2.75) is 6.92 Å². The molecule has 1 nitrogen and oxygen atoms in total. The van der Waals surface area contributed by atoms with E-state index in [4.69, 9.17) is 4.74 Å². The van der Waals surface area contributed by atoms with Gasteiger partial charge >= 0.3 is 0 Å². The minimum atomic E-state index is 0.989. The molecular weight excluding hydrogens is 295 g/mol. The number of thiophene rings is 1. The molecule has 2 rings (SSSR count). The molecule has 0 atom stereocenters. The first kappa shape index (κ1) is 9.27. The van der Waals surface area contributed by atoms with Crippen molar-refractivity contribution in [2.24, 2.45) is 0 Å². The van der Waals surface area contributed by atoms with Crippen LogP contribution in [0, 0.1) is 9.81 Å². The molecule has 0 amide bonds. The van der Waals surface area contributed by atoms with Gasteiger partial charge in [0, 0.05) is 0 Å². The van der Waals surface area contributed by atoms with Gasteiger partial charge < -0.3 is 4.74 Å². The van der Waals surface area contributed by atoms with E-state index in [1.54, 1.807) is 18.4 Å². The maximum absolute atomic E-state index is 5.33. The molecule has 13 heavy (non-hydrogen) atoms. The molecular formula is C10H9IOS. The Bertz CT molecular complexity index is 447. The number of benzene rings is 1. The smallest absolute Gasteiger partial charge is 0.136 e. The Labute approximate surface area is 94.9 Å². The van der Waals surface area contributed by atoms with Crippen molar-refractivity contribution in [1.82, 2.24) is 0 Å². The summed E-state index contributed by atoms with van der Waals surface area (Å²) in [7, 11) is 1.72. The number of fused-ring (bicyclic) bond motifs is 1. The molecule has 0 fully saturated rings. The Morgan fingerprint density at radius 3 is 2.77 bits per heavy atom. The summed E-state index contributed by atoms with van der Waals surface area (Å²) in [6, 6.07) is 6.46. The average Bonchev–Trinajstić information content (AvgIpc) is 2.43. The molecule has 1 aromatic heterocycles. The third-order valence-corrected chi connectivity index (χ3v) is 3.84. The predicted molar refractivity (Wildman–Crippen MR) is 65.8 cm³/mol. The second-order valence-electron chi connectivity index (χ2n) is 2.94. The zero-order valence-electron chi connectivity index (χ0n) is 7.43. The minimum absolute atomic E-state index is 0.989. The van der Waals surface area contributed by atoms with Crippen LogP contribution in [0.25, 0.3) is 10.1 Å². The van der Waals surface area contributed by atoms with Crippen LogP contribution in [0.4, 0.5) is 0 Å². The van der Waals surface area contributed by atoms with E-state index in [2.05, 4.69) is 47.7 Å². The van der Waals surface area contributed by atoms with Crippen LogP contribution in [0.2, 0.25) is 0 Å². The van der Waals surface area contributed by atoms with E-state index in [-0.39, 0.29) is 0 Å². The van der Waals surface area contributed by atoms with Crippen molar-refractivity contribution in [1.29, 1.82) is 0 Å². The Hall–Kier alpha value is -0.290. The van der Waals surface area contributed by atoms with Gasteiger partial charge in [-0.1, -0.05) is 6.07 Å². The number of halogens is 1. The first-order chi connectivity index (χ1) is 6.20. The number of hydrogen-bond donors (Lipinski definition) is 0. The standard InChI is InChI=1S/C10H9IOS/c1-6-3-7-5-9(11)13-10(7)8(4-6)12-2/h3-5H,1-2H3. The topological polar surface area (TPSA) is 9.23 Å². The Morgan fingerprint density at radius 2 is 2.08 bits per heavy atom. The normalized spacial score (nSPS) is 10.7. The summed E-state index contributed by atoms with van der Waals surface area (Å²) >= 11 is 4.11. The number of rotatable bonds is 1. The van der Waals surface area contributed by atoms with Crippen LogP contribution in [-0.4, -0.2) is 7.11 Å². The molecule has 0 aliphatic rings. The van der Waals surface area contributed by atoms with E-state index < -0.39 is 0 Å². The number of ether oxygens (including phenoxy) is 1. The molecule has 3 heteroatoms. The van der Waals surface area contributed by atoms with Crippen LogP contribution in [0.5, 0.6) is 5.75 Å². The second-order valence-corrected chi connectivity index (χ2v) is 5.88. The highest BCUT2D eigenvalue weighted by molar-refractivity contribution is 14.1. The molecule has 0 saturated heterocycles. The van der Waals surface area contributed by atoms with Gasteiger partial charge in [-0.3, -0.25) is 0 Å². The van der Waals surface area contributed by atoms with Crippen molar-refractivity contribution in [3.8, 4) is 5.75 Å². The van der Waals surface area contributed by atoms with Crippen LogP contribution in [0.1, 0.15) is 5.56 Å². The third kappa shape index (κ3) is 1.67. The molecule has 0 spiro atoms. The number of hydrogen-bond acceptors (Lipinski definition) is 2. The summed E-state index contributed by atoms with van der Waals surface area (Å²) in [6.07, 6.45) is 0. The largest absolute Gasteiger partial charge is 0.495 e. The lowest BCUT2D eigenvalue weighted by atomic mass is 10.2. The van der Waals surface area contributed by atoms with Crippen molar-refractivity contribution < 1.29 is 4.74 Å². The van der Waals surface area contributed by atoms with E-state index in [9.17, 15) is 0 Å². The Morgan fingerprint density at radius 1 is 1.31 bits per heavy atom. The van der Waals surface area contributed by atoms with Gasteiger partial charge in [-0.05, 0) is 52.6 Å². The van der Waals surface area contributed by atoms with Crippen LogP contribution in [0.15, 0.2) is 18.2 Å². The molecule has 1 aromatic carbocycles. The minimum Gasteiger partial charge on any atom is -0.495 e. The van der Waals surface area contributed by atoms with Gasteiger partial charge in [0.15, 0.2) is 0 Å². The van der Waals surface area contributed by atoms with Crippen LogP contribution in [-0.2, 0) is 0 Å². The summed E-state index contributed by atoms with van der Waals surface area (Å²) in [4.78, 5) is 0. The fourth-order valence-electron chi connectivity index (χ4n) is 1.38. The fraction of sp³-hybridized carbons (Fsp3) is 0.200. The molecule has 68 valence electrons. The fourth-order valence-corrected chi connectivity index (χ4v) is 3.24. The highest BCUT2D eigenvalue weighted by Gasteiger charge is 2.05. The average molecular weight is 304 g/mol. The van der Waals surface area contributed by atoms with Crippen molar-refractivity contribution in [3.63, 3.8) is 0 Å². The summed E-state index contributed by atoms with van der Waals surface area (Å²) in [5.74, 6) is 0.989.